The fourth-order valence-electron chi connectivity index (χ4n) is 6.83. The fraction of sp³-hybridized carbons (Fsp3) is 0.650. The Hall–Kier alpha value is -1.55. The zero-order valence-corrected chi connectivity index (χ0v) is 14.8. The molecule has 0 N–H and O–H groups in total. The quantitative estimate of drug-likeness (QED) is 0.792. The molecule has 4 heteroatoms. The van der Waals surface area contributed by atoms with Crippen molar-refractivity contribution in [1.29, 1.82) is 0 Å². The third-order valence-electron chi connectivity index (χ3n) is 7.51. The van der Waals surface area contributed by atoms with Gasteiger partial charge in [-0.25, -0.2) is 0 Å². The van der Waals surface area contributed by atoms with Crippen LogP contribution in [0.2, 0.25) is 0 Å². The molecular formula is C20H26N2O2. The minimum atomic E-state index is 0.230. The molecule has 2 aliphatic heterocycles. The highest BCUT2D eigenvalue weighted by Gasteiger charge is 2.70. The van der Waals surface area contributed by atoms with Crippen molar-refractivity contribution in [3.63, 3.8) is 0 Å². The summed E-state index contributed by atoms with van der Waals surface area (Å²) in [7, 11) is 4.02. The third-order valence-corrected chi connectivity index (χ3v) is 7.51. The molecule has 4 aliphatic rings. The summed E-state index contributed by atoms with van der Waals surface area (Å²) in [6, 6.07) is 7.33. The smallest absolute Gasteiger partial charge is 0.219 e. The lowest BCUT2D eigenvalue weighted by Gasteiger charge is -2.55. The normalized spacial score (nSPS) is 39.5. The number of fused-ring (bicyclic) bond motifs is 2. The van der Waals surface area contributed by atoms with Gasteiger partial charge in [-0.1, -0.05) is 6.07 Å². The number of ether oxygens (including phenoxy) is 1. The zero-order valence-electron chi connectivity index (χ0n) is 14.8. The van der Waals surface area contributed by atoms with Gasteiger partial charge in [-0.2, -0.15) is 0 Å². The van der Waals surface area contributed by atoms with Crippen molar-refractivity contribution in [2.45, 2.75) is 37.6 Å². The molecule has 4 atom stereocenters. The third kappa shape index (κ3) is 1.60. The maximum Gasteiger partial charge on any atom is 0.219 e. The molecule has 24 heavy (non-hydrogen) atoms. The van der Waals surface area contributed by atoms with Gasteiger partial charge in [0.1, 0.15) is 5.75 Å². The van der Waals surface area contributed by atoms with E-state index in [0.717, 1.165) is 25.3 Å². The Balaban J connectivity index is 1.66. The Labute approximate surface area is 143 Å². The van der Waals surface area contributed by atoms with E-state index in [1.54, 1.807) is 14.0 Å². The van der Waals surface area contributed by atoms with Gasteiger partial charge in [0, 0.05) is 49.3 Å². The van der Waals surface area contributed by atoms with Crippen LogP contribution in [0.15, 0.2) is 18.2 Å². The lowest BCUT2D eigenvalue weighted by Crippen LogP contribution is -2.64. The number of methoxy groups -OCH3 is 1. The van der Waals surface area contributed by atoms with E-state index in [4.69, 9.17) is 4.74 Å². The van der Waals surface area contributed by atoms with Gasteiger partial charge in [0.2, 0.25) is 5.91 Å². The molecule has 5 rings (SSSR count). The largest absolute Gasteiger partial charge is 0.497 e. The van der Waals surface area contributed by atoms with Crippen LogP contribution in [0.3, 0.4) is 0 Å². The van der Waals surface area contributed by atoms with Gasteiger partial charge >= 0.3 is 0 Å². The molecule has 128 valence electrons. The lowest BCUT2D eigenvalue weighted by molar-refractivity contribution is -0.132. The summed E-state index contributed by atoms with van der Waals surface area (Å²) in [6.07, 6.45) is 3.59. The zero-order chi connectivity index (χ0) is 16.7. The number of hydrogen-bond acceptors (Lipinski definition) is 3. The van der Waals surface area contributed by atoms with Gasteiger partial charge in [0.25, 0.3) is 0 Å². The fourth-order valence-corrected chi connectivity index (χ4v) is 6.83. The van der Waals surface area contributed by atoms with Crippen LogP contribution in [-0.2, 0) is 16.6 Å². The van der Waals surface area contributed by atoms with E-state index < -0.39 is 0 Å². The molecule has 3 fully saturated rings. The number of likely N-dealkylation sites (tertiary alicyclic amines) is 2. The molecule has 1 amide bonds. The number of nitrogens with zero attached hydrogens (tertiary/aromatic N) is 2. The van der Waals surface area contributed by atoms with E-state index in [2.05, 4.69) is 35.0 Å². The van der Waals surface area contributed by atoms with Gasteiger partial charge < -0.3 is 14.5 Å². The van der Waals surface area contributed by atoms with Crippen LogP contribution in [-0.4, -0.2) is 55.5 Å². The number of carbonyl (C=O) groups is 1. The van der Waals surface area contributed by atoms with Gasteiger partial charge in [-0.05, 0) is 49.6 Å². The van der Waals surface area contributed by atoms with E-state index in [9.17, 15) is 4.79 Å². The van der Waals surface area contributed by atoms with E-state index in [1.807, 2.05) is 0 Å². The molecule has 2 heterocycles. The predicted molar refractivity (Wildman–Crippen MR) is 92.2 cm³/mol. The Morgan fingerprint density at radius 1 is 1.38 bits per heavy atom. The molecular weight excluding hydrogens is 300 g/mol. The SMILES string of the molecule is COc1ccc2c(c1)[C@@]13CCN(C(C)=O)C[C@H]1[C@@H]1N(C)CC1(C2)C3. The second-order valence-electron chi connectivity index (χ2n) is 8.58. The van der Waals surface area contributed by atoms with Crippen molar-refractivity contribution in [3.05, 3.63) is 29.3 Å². The minimum absolute atomic E-state index is 0.230. The highest BCUT2D eigenvalue weighted by Crippen LogP contribution is 2.68. The van der Waals surface area contributed by atoms with Gasteiger partial charge in [0.15, 0.2) is 0 Å². The van der Waals surface area contributed by atoms with Crippen LogP contribution in [0.4, 0.5) is 0 Å². The molecule has 1 saturated carbocycles. The van der Waals surface area contributed by atoms with Gasteiger partial charge in [-0.15, -0.1) is 0 Å². The highest BCUT2D eigenvalue weighted by atomic mass is 16.5. The van der Waals surface area contributed by atoms with E-state index in [1.165, 1.54) is 30.5 Å². The lowest BCUT2D eigenvalue weighted by atomic mass is 9.61. The van der Waals surface area contributed by atoms with Crippen LogP contribution in [0, 0.1) is 11.3 Å². The van der Waals surface area contributed by atoms with Crippen LogP contribution >= 0.6 is 0 Å². The van der Waals surface area contributed by atoms with Crippen LogP contribution in [0.5, 0.6) is 5.75 Å². The maximum atomic E-state index is 12.0. The number of piperidine rings is 1. The van der Waals surface area contributed by atoms with Crippen LogP contribution < -0.4 is 4.74 Å². The first-order valence-corrected chi connectivity index (χ1v) is 9.12. The molecule has 2 aliphatic carbocycles. The molecule has 1 aromatic carbocycles. The molecule has 2 bridgehead atoms. The standard InChI is InChI=1S/C20H26N2O2/c1-13(23)22-7-6-20-11-19(12-21(2)18(19)17(20)10-22)9-14-4-5-15(24-3)8-16(14)20/h4-5,8,17-18H,6-7,9-12H2,1-3H3/t17-,18-,19?,20-/m0/s1. The van der Waals surface area contributed by atoms with Gasteiger partial charge in [0.05, 0.1) is 7.11 Å². The molecule has 1 unspecified atom stereocenters. The van der Waals surface area contributed by atoms with E-state index >= 15 is 0 Å². The summed E-state index contributed by atoms with van der Waals surface area (Å²) in [5, 5.41) is 0. The van der Waals surface area contributed by atoms with Crippen molar-refractivity contribution < 1.29 is 9.53 Å². The Morgan fingerprint density at radius 2 is 2.21 bits per heavy atom. The van der Waals surface area contributed by atoms with Crippen molar-refractivity contribution in [3.8, 4) is 5.75 Å². The summed E-state index contributed by atoms with van der Waals surface area (Å²) in [5.41, 5.74) is 3.72. The Morgan fingerprint density at radius 3 is 2.92 bits per heavy atom. The molecule has 0 radical (unpaired) electrons. The molecule has 1 aromatic rings. The summed E-state index contributed by atoms with van der Waals surface area (Å²) in [6.45, 7) is 4.75. The topological polar surface area (TPSA) is 32.8 Å². The van der Waals surface area contributed by atoms with Crippen molar-refractivity contribution in [2.24, 2.45) is 11.3 Å². The van der Waals surface area contributed by atoms with E-state index in [0.29, 0.717) is 17.4 Å². The minimum Gasteiger partial charge on any atom is -0.497 e. The summed E-state index contributed by atoms with van der Waals surface area (Å²) in [5.74, 6) is 1.76. The summed E-state index contributed by atoms with van der Waals surface area (Å²) < 4.78 is 5.54. The average Bonchev–Trinajstić information content (AvgIpc) is 2.74. The second-order valence-corrected chi connectivity index (χ2v) is 8.58. The molecule has 4 nitrogen and oxygen atoms in total. The molecule has 2 saturated heterocycles. The second kappa shape index (κ2) is 4.54. The first-order chi connectivity index (χ1) is 11.5. The first kappa shape index (κ1) is 14.8. The molecule has 2 spiro atoms. The maximum absolute atomic E-state index is 12.0. The number of rotatable bonds is 1. The number of benzene rings is 1. The number of carbonyl (C=O) groups excluding carboxylic acids is 1. The highest BCUT2D eigenvalue weighted by molar-refractivity contribution is 5.73. The van der Waals surface area contributed by atoms with Gasteiger partial charge in [-0.3, -0.25) is 4.79 Å². The van der Waals surface area contributed by atoms with Crippen LogP contribution in [0.1, 0.15) is 30.9 Å². The predicted octanol–water partition coefficient (Wildman–Crippen LogP) is 2.06. The van der Waals surface area contributed by atoms with Crippen molar-refractivity contribution >= 4 is 5.91 Å². The summed E-state index contributed by atoms with van der Waals surface area (Å²) >= 11 is 0. The van der Waals surface area contributed by atoms with Crippen LogP contribution in [0.25, 0.3) is 0 Å². The van der Waals surface area contributed by atoms with Crippen molar-refractivity contribution in [2.75, 3.05) is 33.8 Å². The number of hydrogen-bond donors (Lipinski definition) is 0. The Kier molecular flexibility index (Phi) is 2.79. The average molecular weight is 326 g/mol. The monoisotopic (exact) mass is 326 g/mol. The first-order valence-electron chi connectivity index (χ1n) is 9.12. The summed E-state index contributed by atoms with van der Waals surface area (Å²) in [4.78, 5) is 16.6. The molecule has 0 aromatic heterocycles. The number of amides is 1. The van der Waals surface area contributed by atoms with Crippen molar-refractivity contribution in [1.82, 2.24) is 9.80 Å². The van der Waals surface area contributed by atoms with E-state index in [-0.39, 0.29) is 11.3 Å². The Bertz CT molecular complexity index is 732.